The van der Waals surface area contributed by atoms with Gasteiger partial charge in [0.2, 0.25) is 0 Å². The number of H-pyrrole nitrogens is 3. The smallest absolute Gasteiger partial charge is 0.282 e. The largest absolute Gasteiger partial charge is 0.435 e. The molecule has 0 aliphatic heterocycles. The van der Waals surface area contributed by atoms with Crippen LogP contribution in [-0.2, 0) is 87.7 Å². The van der Waals surface area contributed by atoms with Gasteiger partial charge in [-0.15, -0.1) is 0 Å². The van der Waals surface area contributed by atoms with Crippen molar-refractivity contribution in [2.45, 2.75) is 380 Å². The first-order valence-corrected chi connectivity index (χ1v) is 45.6. The third-order valence-corrected chi connectivity index (χ3v) is 22.8. The molecule has 11 aromatic heterocycles. The molecule has 0 aromatic carbocycles. The Morgan fingerprint density at radius 2 is 0.750 bits per heavy atom. The van der Waals surface area contributed by atoms with Gasteiger partial charge in [-0.3, -0.25) is 52.8 Å². The Balaban J connectivity index is 0.000000683. The molecule has 0 radical (unpaired) electrons. The molecule has 27 heteroatoms. The highest BCUT2D eigenvalue weighted by Gasteiger charge is 2.39. The Hall–Kier alpha value is -8.32. The van der Waals surface area contributed by atoms with Crippen LogP contribution >= 0.6 is 23.2 Å². The van der Waals surface area contributed by atoms with E-state index in [1.807, 2.05) is 99.6 Å². The highest BCUT2D eigenvalue weighted by Crippen LogP contribution is 2.37. The van der Waals surface area contributed by atoms with E-state index < -0.39 is 11.9 Å². The fourth-order valence-electron chi connectivity index (χ4n) is 16.6. The van der Waals surface area contributed by atoms with Crippen LogP contribution in [0.15, 0.2) is 12.4 Å². The second-order valence-corrected chi connectivity index (χ2v) is 36.6. The average Bonchev–Trinajstić information content (AvgIpc) is 1.65. The van der Waals surface area contributed by atoms with Gasteiger partial charge >= 0.3 is 6.18 Å². The molecule has 0 fully saturated rings. The summed E-state index contributed by atoms with van der Waals surface area (Å²) in [4.78, 5) is 0. The lowest BCUT2D eigenvalue weighted by Crippen LogP contribution is -2.10. The summed E-state index contributed by atoms with van der Waals surface area (Å²) in [6.07, 6.45) is 3.85. The molecule has 700 valence electrons. The molecule has 22 nitrogen and oxygen atoms in total. The number of aromatic amines is 3. The number of aryl methyl sites for hydroxylation is 20. The van der Waals surface area contributed by atoms with E-state index in [9.17, 15) is 13.2 Å². The van der Waals surface area contributed by atoms with Crippen molar-refractivity contribution in [1.29, 1.82) is 0 Å². The van der Waals surface area contributed by atoms with Crippen molar-refractivity contribution < 1.29 is 13.2 Å². The first-order valence-electron chi connectivity index (χ1n) is 44.9. The normalized spacial score (nSPS) is 11.2. The van der Waals surface area contributed by atoms with E-state index in [0.717, 1.165) is 77.0 Å². The van der Waals surface area contributed by atoms with Gasteiger partial charge in [-0.05, 0) is 232 Å². The van der Waals surface area contributed by atoms with Gasteiger partial charge in [0.05, 0.1) is 51.7 Å². The molecule has 0 amide bonds. The van der Waals surface area contributed by atoms with Gasteiger partial charge in [-0.2, -0.15) is 69.3 Å². The van der Waals surface area contributed by atoms with E-state index in [1.54, 1.807) is 25.5 Å². The Bertz CT molecular complexity index is 4610. The number of hydrogen-bond acceptors (Lipinski definition) is 11. The zero-order chi connectivity index (χ0) is 96.2. The summed E-state index contributed by atoms with van der Waals surface area (Å²) in [5.41, 5.74) is 33.0. The van der Waals surface area contributed by atoms with Gasteiger partial charge in [0.25, 0.3) is 0 Å². The van der Waals surface area contributed by atoms with E-state index in [0.29, 0.717) is 75.6 Å². The van der Waals surface area contributed by atoms with Gasteiger partial charge in [0.15, 0.2) is 10.8 Å². The SMILES string of the molecule is CCc1n[nH]c(CC)c1C(C)C.CCc1nn(C)c(CC)c1C(C)C.CCn1nc(C)c(C(C)C)c1C.Cc1c(C(C)C)c(C(F)(F)F)nn1C.Cc1c(C(C)C)c(Cl)nn1C.Cc1cnn(C)c1C(C)C.Cc1n[nH]c(C)c1C(C)C.Cc1n[nH]c(C)c1C(C)C.Cc1nn(C)c(C)c1C(C)C.Cc1nn(C)c(Cl)c1C(C)C.Cc1nn(C)cc1C(C)C. The van der Waals surface area contributed by atoms with Gasteiger partial charge < -0.3 is 0 Å². The van der Waals surface area contributed by atoms with Crippen molar-refractivity contribution >= 4 is 23.2 Å². The number of rotatable bonds is 16. The Labute approximate surface area is 757 Å². The number of aromatic nitrogens is 22. The number of nitrogens with zero attached hydrogens (tertiary/aromatic N) is 19. The average molecular weight is 1770 g/mol. The van der Waals surface area contributed by atoms with Gasteiger partial charge in [0.1, 0.15) is 5.15 Å². The molecule has 0 atom stereocenters. The fourth-order valence-corrected chi connectivity index (χ4v) is 17.4. The fraction of sp³-hybridized carbons (Fsp3) is 0.660. The second-order valence-electron chi connectivity index (χ2n) is 35.9. The highest BCUT2D eigenvalue weighted by atomic mass is 35.5. The van der Waals surface area contributed by atoms with Crippen LogP contribution in [0.1, 0.15) is 416 Å². The maximum Gasteiger partial charge on any atom is 0.435 e. The molecule has 0 aliphatic rings. The van der Waals surface area contributed by atoms with Crippen molar-refractivity contribution in [3.8, 4) is 0 Å². The molecule has 11 rings (SSSR count). The lowest BCUT2D eigenvalue weighted by Gasteiger charge is -2.09. The molecule has 11 aromatic rings. The summed E-state index contributed by atoms with van der Waals surface area (Å²) >= 11 is 11.9. The van der Waals surface area contributed by atoms with Crippen molar-refractivity contribution in [3.63, 3.8) is 0 Å². The number of alkyl halides is 3. The maximum atomic E-state index is 12.5. The number of nitrogens with one attached hydrogen (secondary N) is 3. The monoisotopic (exact) mass is 1770 g/mol. The molecule has 0 saturated heterocycles. The minimum absolute atomic E-state index is 0.166. The predicted molar refractivity (Wildman–Crippen MR) is 515 cm³/mol. The van der Waals surface area contributed by atoms with Gasteiger partial charge in [-0.1, -0.05) is 203 Å². The molecule has 0 aliphatic carbocycles. The Morgan fingerprint density at radius 1 is 0.347 bits per heavy atom. The maximum absolute atomic E-state index is 12.5. The summed E-state index contributed by atoms with van der Waals surface area (Å²) in [6.45, 7) is 85.5. The highest BCUT2D eigenvalue weighted by molar-refractivity contribution is 6.30. The van der Waals surface area contributed by atoms with Crippen molar-refractivity contribution in [1.82, 2.24) is 109 Å². The van der Waals surface area contributed by atoms with Crippen LogP contribution in [0.3, 0.4) is 0 Å². The van der Waals surface area contributed by atoms with Crippen LogP contribution in [0.4, 0.5) is 13.2 Å². The standard InChI is InChI=1S/C11H20N2.2C10H18N2.C9H13F3N2.C9H16N2.2C8H13ClN2.4C8H14N2/c1-6-9-11(8(3)4)10(7-2)13(5)12-9;1-6-12-9(5)10(7(2)3)8(4)11-12;1-5-8-10(7(3)4)9(6-2)12-11-8;1-5(2)7-6(3)14(4)13-8(7)9(10,11)12;1-6(2)9-7(3)10-11(5)8(9)4;1-5(2)7-6(3)11(4)10-8(7)9;1-5(2)7-6(3)10-11(4)8(7)9;1-6(2)8-5-10(4)9-7(8)3;1-6(2)8-7(3)5-9-10(8)4;2*1-5(2)8-6(3)9-10-7(8)4/h8H,6-7H2,1-5H3;7H,6H2,1-5H3;7H,5-6H2,1-4H3,(H,11,12);5H,1-4H3;6H,1-5H3;2*5H,1-4H3;2*5-6H,1-4H3;2*5H,1-4H3,(H,9,10). The van der Waals surface area contributed by atoms with Crippen molar-refractivity contribution in [2.75, 3.05) is 0 Å². The third kappa shape index (κ3) is 32.2. The Kier molecular flexibility index (Phi) is 47.8. The van der Waals surface area contributed by atoms with E-state index in [4.69, 9.17) is 23.2 Å². The first kappa shape index (κ1) is 114. The third-order valence-electron chi connectivity index (χ3n) is 22.0. The van der Waals surface area contributed by atoms with Crippen LogP contribution in [0.25, 0.3) is 0 Å². The summed E-state index contributed by atoms with van der Waals surface area (Å²) < 4.78 is 52.3. The quantitative estimate of drug-likeness (QED) is 0.0824. The lowest BCUT2D eigenvalue weighted by molar-refractivity contribution is -0.142. The summed E-state index contributed by atoms with van der Waals surface area (Å²) in [7, 11) is 13.3. The summed E-state index contributed by atoms with van der Waals surface area (Å²) in [5, 5.41) is 56.6. The van der Waals surface area contributed by atoms with Crippen molar-refractivity contribution in [2.24, 2.45) is 49.3 Å². The molecule has 11 heterocycles. The first-order chi connectivity index (χ1) is 57.2. The summed E-state index contributed by atoms with van der Waals surface area (Å²) in [5.74, 6) is 5.44. The molecule has 0 spiro atoms. The minimum Gasteiger partial charge on any atom is -0.282 e. The predicted octanol–water partition coefficient (Wildman–Crippen LogP) is 26.0. The molecule has 0 bridgehead atoms. The molecular formula is C97H167Cl2F3N22. The van der Waals surface area contributed by atoms with Crippen LogP contribution in [0.2, 0.25) is 10.3 Å². The van der Waals surface area contributed by atoms with Crippen LogP contribution in [0, 0.1) is 90.0 Å². The molecule has 0 saturated carbocycles. The van der Waals surface area contributed by atoms with E-state index in [1.165, 1.54) is 119 Å². The Morgan fingerprint density at radius 3 is 0.984 bits per heavy atom. The van der Waals surface area contributed by atoms with Crippen LogP contribution in [0.5, 0.6) is 0 Å². The zero-order valence-corrected chi connectivity index (χ0v) is 87.4. The van der Waals surface area contributed by atoms with E-state index in [2.05, 4.69) is 311 Å². The zero-order valence-electron chi connectivity index (χ0n) is 85.9. The van der Waals surface area contributed by atoms with Crippen LogP contribution in [-0.4, -0.2) is 109 Å². The van der Waals surface area contributed by atoms with Gasteiger partial charge in [0, 0.05) is 130 Å². The molecule has 124 heavy (non-hydrogen) atoms. The molecular weight excluding hydrogens is 1600 g/mol. The van der Waals surface area contributed by atoms with E-state index in [-0.39, 0.29) is 5.92 Å². The van der Waals surface area contributed by atoms with Gasteiger partial charge in [-0.25, -0.2) is 0 Å². The van der Waals surface area contributed by atoms with Crippen LogP contribution < -0.4 is 0 Å². The van der Waals surface area contributed by atoms with E-state index >= 15 is 0 Å². The topological polar surface area (TPSA) is 229 Å². The molecule has 0 unspecified atom stereocenters. The second kappa shape index (κ2) is 52.1. The molecule has 3 N–H and O–H groups in total. The van der Waals surface area contributed by atoms with Crippen molar-refractivity contribution in [3.05, 3.63) is 186 Å². The number of hydrogen-bond donors (Lipinski definition) is 3. The number of halogens is 5. The summed E-state index contributed by atoms with van der Waals surface area (Å²) in [6, 6.07) is 0. The lowest BCUT2D eigenvalue weighted by atomic mass is 9.98. The minimum atomic E-state index is -4.36.